The molecule has 2 heteroatoms. The summed E-state index contributed by atoms with van der Waals surface area (Å²) in [5.74, 6) is 1.82. The zero-order valence-corrected chi connectivity index (χ0v) is 9.64. The van der Waals surface area contributed by atoms with E-state index in [1.807, 2.05) is 11.8 Å². The zero-order chi connectivity index (χ0) is 9.68. The molecule has 0 saturated carbocycles. The van der Waals surface area contributed by atoms with E-state index < -0.39 is 0 Å². The van der Waals surface area contributed by atoms with Crippen molar-refractivity contribution in [2.75, 3.05) is 5.75 Å². The second-order valence-corrected chi connectivity index (χ2v) is 5.16. The Morgan fingerprint density at radius 3 is 2.77 bits per heavy atom. The van der Waals surface area contributed by atoms with Crippen molar-refractivity contribution >= 4 is 11.8 Å². The maximum absolute atomic E-state index is 5.87. The van der Waals surface area contributed by atoms with Gasteiger partial charge in [-0.2, -0.15) is 0 Å². The van der Waals surface area contributed by atoms with Crippen LogP contribution in [0.2, 0.25) is 0 Å². The van der Waals surface area contributed by atoms with Gasteiger partial charge in [0.15, 0.2) is 0 Å². The summed E-state index contributed by atoms with van der Waals surface area (Å²) in [7, 11) is 0. The van der Waals surface area contributed by atoms with Gasteiger partial charge < -0.3 is 4.74 Å². The Bertz CT molecular complexity index is 167. The van der Waals surface area contributed by atoms with Crippen LogP contribution >= 0.6 is 11.8 Å². The third kappa shape index (κ3) is 4.19. The first-order valence-electron chi connectivity index (χ1n) is 5.12. The van der Waals surface area contributed by atoms with Crippen LogP contribution in [0.5, 0.6) is 0 Å². The highest BCUT2D eigenvalue weighted by Crippen LogP contribution is 2.21. The van der Waals surface area contributed by atoms with Crippen molar-refractivity contribution < 1.29 is 4.74 Å². The summed E-state index contributed by atoms with van der Waals surface area (Å²) in [6.07, 6.45) is 7.30. The smallest absolute Gasteiger partial charge is 0.100 e. The first-order valence-corrected chi connectivity index (χ1v) is 6.17. The largest absolute Gasteiger partial charge is 0.365 e. The van der Waals surface area contributed by atoms with Crippen LogP contribution in [0.15, 0.2) is 12.2 Å². The van der Waals surface area contributed by atoms with Gasteiger partial charge in [0.1, 0.15) is 5.44 Å². The van der Waals surface area contributed by atoms with Gasteiger partial charge >= 0.3 is 0 Å². The lowest BCUT2D eigenvalue weighted by Gasteiger charge is -2.24. The number of hydrogen-bond donors (Lipinski definition) is 0. The Kier molecular flexibility index (Phi) is 4.89. The molecule has 3 atom stereocenters. The number of allylic oxidation sites excluding steroid dienone is 2. The van der Waals surface area contributed by atoms with Crippen molar-refractivity contribution in [3.8, 4) is 0 Å². The number of ether oxygens (including phenoxy) is 1. The molecule has 0 amide bonds. The molecule has 0 bridgehead atoms. The third-order valence-electron chi connectivity index (χ3n) is 2.52. The molecule has 13 heavy (non-hydrogen) atoms. The van der Waals surface area contributed by atoms with Crippen molar-refractivity contribution in [1.29, 1.82) is 0 Å². The minimum atomic E-state index is 0.351. The molecule has 0 aromatic rings. The molecule has 0 N–H and O–H groups in total. The van der Waals surface area contributed by atoms with E-state index >= 15 is 0 Å². The first kappa shape index (κ1) is 11.1. The lowest BCUT2D eigenvalue weighted by molar-refractivity contribution is 0.0223. The number of rotatable bonds is 0. The SMILES string of the molecule is CC1OC(C)C(C)C/C=C\CCS1. The standard InChI is InChI=1S/C11H20OS/c1-9-7-5-4-6-8-13-11(3)12-10(9)2/h4-5,9-11H,6-8H2,1-3H3/b5-4-. The average Bonchev–Trinajstić information content (AvgIpc) is 2.09. The minimum absolute atomic E-state index is 0.351. The van der Waals surface area contributed by atoms with Gasteiger partial charge in [0.25, 0.3) is 0 Å². The molecule has 0 radical (unpaired) electrons. The molecular formula is C11H20OS. The highest BCUT2D eigenvalue weighted by molar-refractivity contribution is 7.99. The Labute approximate surface area is 85.9 Å². The maximum atomic E-state index is 5.87. The summed E-state index contributed by atoms with van der Waals surface area (Å²) >= 11 is 1.91. The molecule has 0 aliphatic carbocycles. The summed E-state index contributed by atoms with van der Waals surface area (Å²) in [6, 6.07) is 0. The average molecular weight is 200 g/mol. The van der Waals surface area contributed by atoms with E-state index in [4.69, 9.17) is 4.74 Å². The fourth-order valence-electron chi connectivity index (χ4n) is 1.40. The summed E-state index contributed by atoms with van der Waals surface area (Å²) in [4.78, 5) is 0. The molecular weight excluding hydrogens is 180 g/mol. The van der Waals surface area contributed by atoms with E-state index in [0.717, 1.165) is 6.42 Å². The van der Waals surface area contributed by atoms with Gasteiger partial charge in [-0.3, -0.25) is 0 Å². The summed E-state index contributed by atoms with van der Waals surface area (Å²) in [5, 5.41) is 0. The summed E-state index contributed by atoms with van der Waals surface area (Å²) < 4.78 is 5.87. The molecule has 0 aromatic carbocycles. The Morgan fingerprint density at radius 1 is 1.23 bits per heavy atom. The van der Waals surface area contributed by atoms with E-state index in [-0.39, 0.29) is 0 Å². The molecule has 0 aromatic heterocycles. The van der Waals surface area contributed by atoms with Crippen LogP contribution in [0, 0.1) is 5.92 Å². The van der Waals surface area contributed by atoms with Crippen LogP contribution in [0.4, 0.5) is 0 Å². The van der Waals surface area contributed by atoms with Gasteiger partial charge in [-0.25, -0.2) is 0 Å². The van der Waals surface area contributed by atoms with Crippen LogP contribution in [0.1, 0.15) is 33.6 Å². The molecule has 0 fully saturated rings. The number of thioether (sulfide) groups is 1. The Morgan fingerprint density at radius 2 is 2.00 bits per heavy atom. The topological polar surface area (TPSA) is 9.23 Å². The molecule has 1 heterocycles. The Hall–Kier alpha value is 0.0500. The van der Waals surface area contributed by atoms with E-state index in [0.29, 0.717) is 17.5 Å². The normalized spacial score (nSPS) is 39.8. The maximum Gasteiger partial charge on any atom is 0.100 e. The predicted octanol–water partition coefficient (Wildman–Crippen LogP) is 3.46. The van der Waals surface area contributed by atoms with Crippen LogP contribution < -0.4 is 0 Å². The van der Waals surface area contributed by atoms with Crippen molar-refractivity contribution in [3.05, 3.63) is 12.2 Å². The van der Waals surface area contributed by atoms with Crippen molar-refractivity contribution in [2.24, 2.45) is 5.92 Å². The molecule has 3 unspecified atom stereocenters. The van der Waals surface area contributed by atoms with Gasteiger partial charge in [0, 0.05) is 0 Å². The summed E-state index contributed by atoms with van der Waals surface area (Å²) in [5.41, 5.74) is 0.351. The number of hydrogen-bond acceptors (Lipinski definition) is 2. The van der Waals surface area contributed by atoms with Crippen molar-refractivity contribution in [1.82, 2.24) is 0 Å². The lowest BCUT2D eigenvalue weighted by atomic mass is 10.0. The summed E-state index contributed by atoms with van der Waals surface area (Å²) in [6.45, 7) is 6.59. The van der Waals surface area contributed by atoms with E-state index in [2.05, 4.69) is 32.9 Å². The Balaban J connectivity index is 2.48. The van der Waals surface area contributed by atoms with E-state index in [1.54, 1.807) is 0 Å². The predicted molar refractivity (Wildman–Crippen MR) is 60.0 cm³/mol. The highest BCUT2D eigenvalue weighted by Gasteiger charge is 2.15. The molecule has 1 aliphatic rings. The minimum Gasteiger partial charge on any atom is -0.365 e. The fourth-order valence-corrected chi connectivity index (χ4v) is 2.26. The van der Waals surface area contributed by atoms with Gasteiger partial charge in [-0.15, -0.1) is 11.8 Å². The first-order chi connectivity index (χ1) is 6.20. The van der Waals surface area contributed by atoms with Gasteiger partial charge in [0.2, 0.25) is 0 Å². The molecule has 0 spiro atoms. The zero-order valence-electron chi connectivity index (χ0n) is 8.82. The molecule has 1 rings (SSSR count). The highest BCUT2D eigenvalue weighted by atomic mass is 32.2. The fraction of sp³-hybridized carbons (Fsp3) is 0.818. The van der Waals surface area contributed by atoms with Crippen molar-refractivity contribution in [3.63, 3.8) is 0 Å². The lowest BCUT2D eigenvalue weighted by Crippen LogP contribution is -2.22. The van der Waals surface area contributed by atoms with Crippen LogP contribution in [0.3, 0.4) is 0 Å². The second kappa shape index (κ2) is 5.71. The molecule has 1 aliphatic heterocycles. The monoisotopic (exact) mass is 200 g/mol. The second-order valence-electron chi connectivity index (χ2n) is 3.75. The van der Waals surface area contributed by atoms with Gasteiger partial charge in [0.05, 0.1) is 6.10 Å². The van der Waals surface area contributed by atoms with Crippen LogP contribution in [0.25, 0.3) is 0 Å². The van der Waals surface area contributed by atoms with E-state index in [9.17, 15) is 0 Å². The van der Waals surface area contributed by atoms with Gasteiger partial charge in [-0.1, -0.05) is 19.1 Å². The van der Waals surface area contributed by atoms with Gasteiger partial charge in [-0.05, 0) is 38.4 Å². The van der Waals surface area contributed by atoms with Crippen LogP contribution in [-0.4, -0.2) is 17.3 Å². The molecule has 76 valence electrons. The molecule has 1 nitrogen and oxygen atoms in total. The molecule has 0 saturated heterocycles. The third-order valence-corrected chi connectivity index (χ3v) is 3.57. The van der Waals surface area contributed by atoms with Crippen molar-refractivity contribution in [2.45, 2.75) is 45.2 Å². The van der Waals surface area contributed by atoms with E-state index in [1.165, 1.54) is 12.2 Å². The van der Waals surface area contributed by atoms with Crippen LogP contribution in [-0.2, 0) is 4.74 Å². The quantitative estimate of drug-likeness (QED) is 0.554.